The van der Waals surface area contributed by atoms with Crippen molar-refractivity contribution in [1.82, 2.24) is 9.62 Å². The summed E-state index contributed by atoms with van der Waals surface area (Å²) < 4.78 is 30.2. The van der Waals surface area contributed by atoms with E-state index in [1.165, 1.54) is 29.5 Å². The van der Waals surface area contributed by atoms with Crippen LogP contribution in [-0.4, -0.2) is 41.7 Å². The number of piperidine rings is 1. The van der Waals surface area contributed by atoms with Gasteiger partial charge in [-0.1, -0.05) is 24.8 Å². The van der Waals surface area contributed by atoms with Crippen LogP contribution >= 0.6 is 11.3 Å². The number of nitrogens with one attached hydrogen (secondary N) is 2. The zero-order chi connectivity index (χ0) is 26.3. The Morgan fingerprint density at radius 3 is 2.22 bits per heavy atom. The average molecular weight is 526 g/mol. The molecule has 7 nitrogen and oxygen atoms in total. The van der Waals surface area contributed by atoms with Gasteiger partial charge in [-0.25, -0.2) is 8.42 Å². The lowest BCUT2D eigenvalue weighted by Crippen LogP contribution is -2.65. The monoisotopic (exact) mass is 525 g/mol. The maximum atomic E-state index is 13.8. The van der Waals surface area contributed by atoms with Gasteiger partial charge in [-0.2, -0.15) is 4.31 Å². The molecule has 0 bridgehead atoms. The first kappa shape index (κ1) is 26.1. The minimum atomic E-state index is -3.86. The van der Waals surface area contributed by atoms with Crippen LogP contribution in [0.3, 0.4) is 0 Å². The summed E-state index contributed by atoms with van der Waals surface area (Å²) in [7, 11) is -3.86. The number of hydrogen-bond donors (Lipinski definition) is 2. The highest BCUT2D eigenvalue weighted by atomic mass is 32.2. The molecule has 36 heavy (non-hydrogen) atoms. The zero-order valence-corrected chi connectivity index (χ0v) is 22.5. The normalized spacial score (nSPS) is 18.0. The van der Waals surface area contributed by atoms with Crippen molar-refractivity contribution in [3.8, 4) is 0 Å². The van der Waals surface area contributed by atoms with Crippen molar-refractivity contribution in [3.05, 3.63) is 72.1 Å². The van der Waals surface area contributed by atoms with Gasteiger partial charge < -0.3 is 10.6 Å². The van der Waals surface area contributed by atoms with E-state index in [0.717, 1.165) is 10.1 Å². The van der Waals surface area contributed by atoms with Gasteiger partial charge in [-0.05, 0) is 88.4 Å². The maximum Gasteiger partial charge on any atom is 0.265 e. The number of anilines is 1. The molecule has 1 aliphatic heterocycles. The summed E-state index contributed by atoms with van der Waals surface area (Å²) in [5.41, 5.74) is -0.970. The SMILES string of the molecule is C=CC(=O)NC1CC(C)(C)N(S(=O)(=O)c2ccc(NC(=O)c3cc4ccccc4s3)cc2)C(C)(C)C1. The van der Waals surface area contributed by atoms with E-state index >= 15 is 0 Å². The number of carbonyl (C=O) groups is 2. The topological polar surface area (TPSA) is 95.6 Å². The average Bonchev–Trinajstić information content (AvgIpc) is 3.22. The van der Waals surface area contributed by atoms with Gasteiger partial charge in [0.15, 0.2) is 0 Å². The van der Waals surface area contributed by atoms with E-state index in [4.69, 9.17) is 0 Å². The second-order valence-corrected chi connectivity index (χ2v) is 13.2. The molecule has 0 aliphatic carbocycles. The zero-order valence-electron chi connectivity index (χ0n) is 20.9. The Kier molecular flexibility index (Phi) is 6.85. The van der Waals surface area contributed by atoms with Crippen LogP contribution in [0.2, 0.25) is 0 Å². The van der Waals surface area contributed by atoms with Gasteiger partial charge in [-0.15, -0.1) is 11.3 Å². The Morgan fingerprint density at radius 1 is 1.03 bits per heavy atom. The minimum Gasteiger partial charge on any atom is -0.350 e. The largest absolute Gasteiger partial charge is 0.350 e. The maximum absolute atomic E-state index is 13.8. The third-order valence-corrected chi connectivity index (χ3v) is 9.87. The van der Waals surface area contributed by atoms with Crippen molar-refractivity contribution >= 4 is 48.9 Å². The molecule has 1 aromatic heterocycles. The summed E-state index contributed by atoms with van der Waals surface area (Å²) in [6, 6.07) is 15.7. The number of fused-ring (bicyclic) bond motifs is 1. The summed E-state index contributed by atoms with van der Waals surface area (Å²) in [5, 5.41) is 6.78. The molecule has 0 radical (unpaired) electrons. The smallest absolute Gasteiger partial charge is 0.265 e. The molecular weight excluding hydrogens is 494 g/mol. The van der Waals surface area contributed by atoms with E-state index in [9.17, 15) is 18.0 Å². The standard InChI is InChI=1S/C27H31N3O4S2/c1-6-24(31)28-20-16-26(2,3)30(27(4,5)17-20)36(33,34)21-13-11-19(12-14-21)29-25(32)23-15-18-9-7-8-10-22(18)35-23/h6-15,20H,1,16-17H2,2-5H3,(H,28,31)(H,29,32). The molecule has 2 amide bonds. The summed E-state index contributed by atoms with van der Waals surface area (Å²) >= 11 is 1.41. The molecule has 0 saturated carbocycles. The second kappa shape index (κ2) is 9.46. The Labute approximate surface area is 216 Å². The van der Waals surface area contributed by atoms with Crippen LogP contribution in [0.15, 0.2) is 72.1 Å². The van der Waals surface area contributed by atoms with Crippen LogP contribution in [0.25, 0.3) is 10.1 Å². The number of nitrogens with zero attached hydrogens (tertiary/aromatic N) is 1. The Hall–Kier alpha value is -3.01. The number of sulfonamides is 1. The molecule has 9 heteroatoms. The van der Waals surface area contributed by atoms with Crippen LogP contribution in [0.1, 0.15) is 50.2 Å². The highest BCUT2D eigenvalue weighted by Crippen LogP contribution is 2.42. The van der Waals surface area contributed by atoms with E-state index in [1.54, 1.807) is 16.4 Å². The number of thiophene rings is 1. The van der Waals surface area contributed by atoms with Crippen molar-refractivity contribution < 1.29 is 18.0 Å². The molecule has 3 aromatic rings. The van der Waals surface area contributed by atoms with Gasteiger partial charge in [-0.3, -0.25) is 9.59 Å². The first-order valence-electron chi connectivity index (χ1n) is 11.7. The molecule has 0 atom stereocenters. The number of rotatable bonds is 6. The summed E-state index contributed by atoms with van der Waals surface area (Å²) in [4.78, 5) is 25.3. The molecule has 2 aromatic carbocycles. The number of carbonyl (C=O) groups excluding carboxylic acids is 2. The molecular formula is C27H31N3O4S2. The predicted molar refractivity (Wildman–Crippen MR) is 145 cm³/mol. The van der Waals surface area contributed by atoms with E-state index in [-0.39, 0.29) is 22.8 Å². The molecule has 2 heterocycles. The quantitative estimate of drug-likeness (QED) is 0.434. The van der Waals surface area contributed by atoms with Gasteiger partial charge in [0.1, 0.15) is 0 Å². The van der Waals surface area contributed by atoms with Crippen LogP contribution < -0.4 is 10.6 Å². The van der Waals surface area contributed by atoms with E-state index in [0.29, 0.717) is 23.4 Å². The fourth-order valence-electron chi connectivity index (χ4n) is 5.38. The third-order valence-electron chi connectivity index (χ3n) is 6.42. The molecule has 1 saturated heterocycles. The van der Waals surface area contributed by atoms with Gasteiger partial charge in [0.05, 0.1) is 9.77 Å². The molecule has 190 valence electrons. The van der Waals surface area contributed by atoms with Crippen LogP contribution in [0.5, 0.6) is 0 Å². The van der Waals surface area contributed by atoms with Gasteiger partial charge in [0, 0.05) is 27.5 Å². The first-order chi connectivity index (χ1) is 16.8. The first-order valence-corrected chi connectivity index (χ1v) is 14.0. The van der Waals surface area contributed by atoms with Crippen molar-refractivity contribution in [2.75, 3.05) is 5.32 Å². The van der Waals surface area contributed by atoms with Gasteiger partial charge in [0.25, 0.3) is 5.91 Å². The summed E-state index contributed by atoms with van der Waals surface area (Å²) in [6.07, 6.45) is 2.17. The number of benzene rings is 2. The highest BCUT2D eigenvalue weighted by molar-refractivity contribution is 7.89. The van der Waals surface area contributed by atoms with Crippen molar-refractivity contribution in [2.45, 2.75) is 62.6 Å². The molecule has 2 N–H and O–H groups in total. The Balaban J connectivity index is 1.54. The van der Waals surface area contributed by atoms with Crippen molar-refractivity contribution in [1.29, 1.82) is 0 Å². The molecule has 1 aliphatic rings. The van der Waals surface area contributed by atoms with Crippen LogP contribution in [-0.2, 0) is 14.8 Å². The highest BCUT2D eigenvalue weighted by Gasteiger charge is 2.51. The summed E-state index contributed by atoms with van der Waals surface area (Å²) in [6.45, 7) is 11.0. The second-order valence-electron chi connectivity index (χ2n) is 10.3. The Morgan fingerprint density at radius 2 is 1.64 bits per heavy atom. The van der Waals surface area contributed by atoms with E-state index in [2.05, 4.69) is 17.2 Å². The molecule has 0 spiro atoms. The fourth-order valence-corrected chi connectivity index (χ4v) is 8.48. The lowest BCUT2D eigenvalue weighted by Gasteiger charge is -2.53. The third kappa shape index (κ3) is 5.09. The minimum absolute atomic E-state index is 0.150. The van der Waals surface area contributed by atoms with Gasteiger partial charge in [0.2, 0.25) is 15.9 Å². The molecule has 1 fully saturated rings. The Bertz CT molecular complexity index is 1370. The molecule has 4 rings (SSSR count). The van der Waals surface area contributed by atoms with Crippen LogP contribution in [0.4, 0.5) is 5.69 Å². The number of amides is 2. The molecule has 0 unspecified atom stereocenters. The van der Waals surface area contributed by atoms with Crippen molar-refractivity contribution in [2.24, 2.45) is 0 Å². The van der Waals surface area contributed by atoms with Crippen molar-refractivity contribution in [3.63, 3.8) is 0 Å². The van der Waals surface area contributed by atoms with Crippen LogP contribution in [0, 0.1) is 0 Å². The van der Waals surface area contributed by atoms with E-state index in [1.807, 2.05) is 58.0 Å². The number of hydrogen-bond acceptors (Lipinski definition) is 5. The lowest BCUT2D eigenvalue weighted by molar-refractivity contribution is -0.118. The van der Waals surface area contributed by atoms with E-state index < -0.39 is 21.1 Å². The predicted octanol–water partition coefficient (Wildman–Crippen LogP) is 5.17. The summed E-state index contributed by atoms with van der Waals surface area (Å²) in [5.74, 6) is -0.506. The lowest BCUT2D eigenvalue weighted by atomic mass is 9.79. The fraction of sp³-hybridized carbons (Fsp3) is 0.333. The van der Waals surface area contributed by atoms with Gasteiger partial charge >= 0.3 is 0 Å².